The van der Waals surface area contributed by atoms with Crippen molar-refractivity contribution in [2.24, 2.45) is 5.92 Å². The highest BCUT2D eigenvalue weighted by molar-refractivity contribution is 5.75. The third-order valence-corrected chi connectivity index (χ3v) is 6.52. The van der Waals surface area contributed by atoms with Gasteiger partial charge < -0.3 is 9.80 Å². The first-order chi connectivity index (χ1) is 15.2. The van der Waals surface area contributed by atoms with Crippen LogP contribution in [0.3, 0.4) is 0 Å². The van der Waals surface area contributed by atoms with Crippen LogP contribution in [0.1, 0.15) is 53.6 Å². The number of aromatic amines is 1. The van der Waals surface area contributed by atoms with Gasteiger partial charge in [-0.3, -0.25) is 5.10 Å². The summed E-state index contributed by atoms with van der Waals surface area (Å²) in [4.78, 5) is 16.9. The van der Waals surface area contributed by atoms with Crippen LogP contribution in [0.5, 0.6) is 0 Å². The fourth-order valence-corrected chi connectivity index (χ4v) is 4.70. The number of nitriles is 1. The van der Waals surface area contributed by atoms with E-state index in [1.54, 1.807) is 9.80 Å². The molecule has 2 amide bonds. The van der Waals surface area contributed by atoms with Crippen molar-refractivity contribution in [2.45, 2.75) is 44.2 Å². The predicted molar refractivity (Wildman–Crippen MR) is 112 cm³/mol. The Hall–Kier alpha value is -3.02. The Morgan fingerprint density at radius 2 is 1.78 bits per heavy atom. The number of halogens is 3. The first-order valence-electron chi connectivity index (χ1n) is 10.9. The summed E-state index contributed by atoms with van der Waals surface area (Å²) in [7, 11) is 0. The first kappa shape index (κ1) is 22.2. The molecule has 1 aromatic carbocycles. The lowest BCUT2D eigenvalue weighted by Crippen LogP contribution is -2.51. The van der Waals surface area contributed by atoms with Crippen molar-refractivity contribution in [3.8, 4) is 6.07 Å². The number of amides is 2. The summed E-state index contributed by atoms with van der Waals surface area (Å²) in [6.07, 6.45) is -2.34. The van der Waals surface area contributed by atoms with Gasteiger partial charge in [-0.05, 0) is 49.9 Å². The predicted octanol–water partition coefficient (Wildman–Crippen LogP) is 4.67. The van der Waals surface area contributed by atoms with Gasteiger partial charge in [0.2, 0.25) is 0 Å². The number of likely N-dealkylation sites (tertiary alicyclic amines) is 2. The van der Waals surface area contributed by atoms with Gasteiger partial charge in [-0.25, -0.2) is 4.79 Å². The molecule has 0 bridgehead atoms. The molecule has 32 heavy (non-hydrogen) atoms. The molecule has 2 aliphatic rings. The molecule has 2 saturated heterocycles. The fourth-order valence-electron chi connectivity index (χ4n) is 4.70. The van der Waals surface area contributed by atoms with E-state index in [1.165, 1.54) is 12.1 Å². The van der Waals surface area contributed by atoms with Crippen LogP contribution in [0.2, 0.25) is 0 Å². The van der Waals surface area contributed by atoms with Gasteiger partial charge in [-0.15, -0.1) is 0 Å². The number of carbonyl (C=O) groups excluding carboxylic acids is 1. The quantitative estimate of drug-likeness (QED) is 0.730. The number of piperidine rings is 2. The number of nitrogens with zero attached hydrogens (tertiary/aromatic N) is 4. The van der Waals surface area contributed by atoms with Crippen LogP contribution in [-0.2, 0) is 6.18 Å². The number of aromatic nitrogens is 2. The van der Waals surface area contributed by atoms with Crippen LogP contribution >= 0.6 is 0 Å². The molecule has 4 rings (SSSR count). The summed E-state index contributed by atoms with van der Waals surface area (Å²) in [5.41, 5.74) is 1.90. The molecule has 0 aliphatic carbocycles. The maximum atomic E-state index is 13.3. The second kappa shape index (κ2) is 8.85. The highest BCUT2D eigenvalue weighted by atomic mass is 19.4. The second-order valence-electron chi connectivity index (χ2n) is 8.80. The smallest absolute Gasteiger partial charge is 0.325 e. The van der Waals surface area contributed by atoms with Gasteiger partial charge in [0, 0.05) is 49.6 Å². The molecule has 1 aromatic heterocycles. The van der Waals surface area contributed by atoms with Gasteiger partial charge >= 0.3 is 12.2 Å². The van der Waals surface area contributed by atoms with Gasteiger partial charge in [0.05, 0.1) is 17.3 Å². The van der Waals surface area contributed by atoms with E-state index in [4.69, 9.17) is 5.26 Å². The molecule has 3 heterocycles. The van der Waals surface area contributed by atoms with Gasteiger partial charge in [0.25, 0.3) is 0 Å². The van der Waals surface area contributed by atoms with Crippen LogP contribution in [0, 0.1) is 24.2 Å². The molecule has 0 radical (unpaired) electrons. The van der Waals surface area contributed by atoms with Crippen LogP contribution < -0.4 is 0 Å². The molecule has 0 spiro atoms. The van der Waals surface area contributed by atoms with Gasteiger partial charge in [0.15, 0.2) is 0 Å². The van der Waals surface area contributed by atoms with E-state index in [-0.39, 0.29) is 23.8 Å². The molecule has 2 atom stereocenters. The van der Waals surface area contributed by atoms with Crippen molar-refractivity contribution in [3.05, 3.63) is 52.8 Å². The molecule has 2 unspecified atom stereocenters. The number of benzene rings is 1. The number of hydrogen-bond donors (Lipinski definition) is 1. The summed E-state index contributed by atoms with van der Waals surface area (Å²) >= 11 is 0. The van der Waals surface area contributed by atoms with Gasteiger partial charge in [0.1, 0.15) is 0 Å². The largest absolute Gasteiger partial charge is 0.416 e. The molecule has 2 fully saturated rings. The molecule has 9 heteroatoms. The van der Waals surface area contributed by atoms with E-state index in [0.717, 1.165) is 29.1 Å². The Morgan fingerprint density at radius 3 is 2.34 bits per heavy atom. The number of alkyl halides is 3. The van der Waals surface area contributed by atoms with Crippen molar-refractivity contribution in [1.82, 2.24) is 20.0 Å². The SMILES string of the molecule is Cc1cc(C2CC(c3ccc(C(F)(F)F)cc3)CN(C(=O)N3CCC(C#N)CC3)C2)n[nH]1. The normalized spacial score (nSPS) is 22.6. The molecule has 170 valence electrons. The number of aryl methyl sites for hydroxylation is 1. The molecule has 0 saturated carbocycles. The van der Waals surface area contributed by atoms with E-state index < -0.39 is 11.7 Å². The molecular weight excluding hydrogens is 419 g/mol. The number of nitrogens with one attached hydrogen (secondary N) is 1. The lowest BCUT2D eigenvalue weighted by Gasteiger charge is -2.41. The van der Waals surface area contributed by atoms with Gasteiger partial charge in [-0.2, -0.15) is 23.5 Å². The maximum absolute atomic E-state index is 13.3. The fraction of sp³-hybridized carbons (Fsp3) is 0.522. The van der Waals surface area contributed by atoms with E-state index in [2.05, 4.69) is 16.3 Å². The Balaban J connectivity index is 1.55. The molecule has 2 aliphatic heterocycles. The molecule has 1 N–H and O–H groups in total. The minimum absolute atomic E-state index is 0.0124. The molecular formula is C23H26F3N5O. The summed E-state index contributed by atoms with van der Waals surface area (Å²) in [6, 6.07) is 9.42. The number of urea groups is 1. The zero-order valence-corrected chi connectivity index (χ0v) is 17.9. The molecule has 6 nitrogen and oxygen atoms in total. The summed E-state index contributed by atoms with van der Waals surface area (Å²) in [5.74, 6) is -0.115. The van der Waals surface area contributed by atoms with E-state index in [9.17, 15) is 18.0 Å². The average Bonchev–Trinajstić information content (AvgIpc) is 3.24. The van der Waals surface area contributed by atoms with Crippen LogP contribution in [0.25, 0.3) is 0 Å². The van der Waals surface area contributed by atoms with Crippen LogP contribution in [0.15, 0.2) is 30.3 Å². The second-order valence-corrected chi connectivity index (χ2v) is 8.80. The topological polar surface area (TPSA) is 76.0 Å². The summed E-state index contributed by atoms with van der Waals surface area (Å²) < 4.78 is 39.0. The number of carbonyl (C=O) groups is 1. The van der Waals surface area contributed by atoms with Crippen molar-refractivity contribution < 1.29 is 18.0 Å². The van der Waals surface area contributed by atoms with Crippen LogP contribution in [0.4, 0.5) is 18.0 Å². The van der Waals surface area contributed by atoms with Crippen molar-refractivity contribution in [3.63, 3.8) is 0 Å². The number of H-pyrrole nitrogens is 1. The zero-order chi connectivity index (χ0) is 22.9. The highest BCUT2D eigenvalue weighted by Gasteiger charge is 2.36. The highest BCUT2D eigenvalue weighted by Crippen LogP contribution is 2.37. The van der Waals surface area contributed by atoms with Crippen molar-refractivity contribution in [1.29, 1.82) is 5.26 Å². The zero-order valence-electron chi connectivity index (χ0n) is 17.9. The summed E-state index contributed by atoms with van der Waals surface area (Å²) in [6.45, 7) is 3.96. The Kier molecular flexibility index (Phi) is 6.13. The maximum Gasteiger partial charge on any atom is 0.416 e. The average molecular weight is 445 g/mol. The standard InChI is InChI=1S/C23H26F3N5O/c1-15-10-21(29-28-15)19-11-18(17-2-4-20(5-3-17)23(24,25)26)13-31(14-19)22(32)30-8-6-16(12-27)7-9-30/h2-5,10,16,18-19H,6-9,11,13-14H2,1H3,(H,28,29). The summed E-state index contributed by atoms with van der Waals surface area (Å²) in [5, 5.41) is 16.4. The number of rotatable bonds is 2. The number of hydrogen-bond acceptors (Lipinski definition) is 3. The minimum atomic E-state index is -4.38. The van der Waals surface area contributed by atoms with E-state index >= 15 is 0 Å². The van der Waals surface area contributed by atoms with Crippen LogP contribution in [-0.4, -0.2) is 52.2 Å². The Bertz CT molecular complexity index is 986. The van der Waals surface area contributed by atoms with Gasteiger partial charge in [-0.1, -0.05) is 12.1 Å². The Labute approximate surface area is 185 Å². The van der Waals surface area contributed by atoms with Crippen molar-refractivity contribution in [2.75, 3.05) is 26.2 Å². The molecule has 2 aromatic rings. The lowest BCUT2D eigenvalue weighted by molar-refractivity contribution is -0.137. The van der Waals surface area contributed by atoms with Crippen molar-refractivity contribution >= 4 is 6.03 Å². The minimum Gasteiger partial charge on any atom is -0.325 e. The third-order valence-electron chi connectivity index (χ3n) is 6.52. The third kappa shape index (κ3) is 4.74. The van der Waals surface area contributed by atoms with E-state index in [0.29, 0.717) is 45.4 Å². The monoisotopic (exact) mass is 445 g/mol. The van der Waals surface area contributed by atoms with E-state index in [1.807, 2.05) is 13.0 Å². The first-order valence-corrected chi connectivity index (χ1v) is 10.9. The lowest BCUT2D eigenvalue weighted by atomic mass is 9.82. The Morgan fingerprint density at radius 1 is 1.12 bits per heavy atom.